The van der Waals surface area contributed by atoms with Crippen LogP contribution in [0, 0.1) is 0 Å². The maximum Gasteiger partial charge on any atom is 0.329 e. The van der Waals surface area contributed by atoms with Crippen molar-refractivity contribution in [2.75, 3.05) is 13.2 Å². The van der Waals surface area contributed by atoms with Gasteiger partial charge in [0.1, 0.15) is 48.1 Å². The third kappa shape index (κ3) is 5.19. The molecule has 1 aromatic heterocycles. The van der Waals surface area contributed by atoms with Gasteiger partial charge in [-0.15, -0.1) is 0 Å². The number of carboxylic acid groups (broad SMARTS) is 1. The van der Waals surface area contributed by atoms with E-state index in [1.165, 1.54) is 13.2 Å². The minimum absolute atomic E-state index is 0.108. The molecule has 5 rings (SSSR count). The molecule has 2 saturated heterocycles. The standard InChI is InChI=1S/C25H29NO10/c1-13(27)26-20-22(31-12-19(28)29)21-18(11-32-23(35-21)16-5-4-8-30-16)34-24(20)33-15-7-6-14-10-25(2,3)36-17(14)9-15/h4-9,18,20-24H,10-12H2,1-3H3,(H,26,27)(H,28,29). The molecule has 2 fully saturated rings. The summed E-state index contributed by atoms with van der Waals surface area (Å²) in [6.07, 6.45) is -1.93. The van der Waals surface area contributed by atoms with Gasteiger partial charge in [-0.25, -0.2) is 4.79 Å². The molecule has 6 atom stereocenters. The molecule has 1 aromatic carbocycles. The molecule has 2 aromatic rings. The van der Waals surface area contributed by atoms with E-state index >= 15 is 0 Å². The van der Waals surface area contributed by atoms with Crippen molar-refractivity contribution in [3.63, 3.8) is 0 Å². The quantitative estimate of drug-likeness (QED) is 0.579. The van der Waals surface area contributed by atoms with Crippen LogP contribution < -0.4 is 14.8 Å². The van der Waals surface area contributed by atoms with Crippen LogP contribution in [0.2, 0.25) is 0 Å². The van der Waals surface area contributed by atoms with Crippen LogP contribution in [-0.2, 0) is 35.0 Å². The number of furan rings is 1. The third-order valence-electron chi connectivity index (χ3n) is 6.18. The highest BCUT2D eigenvalue weighted by molar-refractivity contribution is 5.73. The lowest BCUT2D eigenvalue weighted by Gasteiger charge is -2.48. The highest BCUT2D eigenvalue weighted by atomic mass is 16.8. The number of carbonyl (C=O) groups is 2. The monoisotopic (exact) mass is 503 g/mol. The van der Waals surface area contributed by atoms with Crippen molar-refractivity contribution in [2.45, 2.75) is 69.7 Å². The Balaban J connectivity index is 1.41. The molecule has 6 unspecified atom stereocenters. The Kier molecular flexibility index (Phi) is 6.64. The van der Waals surface area contributed by atoms with Gasteiger partial charge in [-0.1, -0.05) is 6.07 Å². The molecule has 4 heterocycles. The molecular weight excluding hydrogens is 474 g/mol. The van der Waals surface area contributed by atoms with Crippen LogP contribution in [0.15, 0.2) is 41.0 Å². The molecular formula is C25H29NO10. The lowest BCUT2D eigenvalue weighted by Crippen LogP contribution is -2.68. The second kappa shape index (κ2) is 9.74. The zero-order valence-electron chi connectivity index (χ0n) is 20.2. The fraction of sp³-hybridized carbons (Fsp3) is 0.520. The predicted molar refractivity (Wildman–Crippen MR) is 121 cm³/mol. The fourth-order valence-corrected chi connectivity index (χ4v) is 4.77. The van der Waals surface area contributed by atoms with Crippen molar-refractivity contribution >= 4 is 11.9 Å². The lowest BCUT2D eigenvalue weighted by molar-refractivity contribution is -0.340. The number of rotatable bonds is 7. The number of aliphatic carboxylic acids is 1. The van der Waals surface area contributed by atoms with Crippen LogP contribution in [0.4, 0.5) is 0 Å². The van der Waals surface area contributed by atoms with Gasteiger partial charge >= 0.3 is 5.97 Å². The van der Waals surface area contributed by atoms with E-state index in [1.54, 1.807) is 24.3 Å². The van der Waals surface area contributed by atoms with Crippen LogP contribution in [-0.4, -0.2) is 66.4 Å². The Labute approximate surface area is 207 Å². The van der Waals surface area contributed by atoms with E-state index in [2.05, 4.69) is 5.32 Å². The molecule has 11 nitrogen and oxygen atoms in total. The topological polar surface area (TPSA) is 135 Å². The summed E-state index contributed by atoms with van der Waals surface area (Å²) in [4.78, 5) is 23.5. The maximum atomic E-state index is 12.1. The first kappa shape index (κ1) is 24.6. The Morgan fingerprint density at radius 1 is 1.22 bits per heavy atom. The number of amides is 1. The molecule has 0 radical (unpaired) electrons. The lowest BCUT2D eigenvalue weighted by atomic mass is 9.95. The molecule has 0 aliphatic carbocycles. The first-order valence-corrected chi connectivity index (χ1v) is 11.7. The highest BCUT2D eigenvalue weighted by Crippen LogP contribution is 2.39. The van der Waals surface area contributed by atoms with Crippen LogP contribution in [0.1, 0.15) is 38.4 Å². The van der Waals surface area contributed by atoms with E-state index in [4.69, 9.17) is 32.8 Å². The Bertz CT molecular complexity index is 1100. The van der Waals surface area contributed by atoms with Crippen molar-refractivity contribution in [3.05, 3.63) is 47.9 Å². The van der Waals surface area contributed by atoms with Crippen LogP contribution in [0.3, 0.4) is 0 Å². The largest absolute Gasteiger partial charge is 0.487 e. The molecule has 3 aliphatic heterocycles. The highest BCUT2D eigenvalue weighted by Gasteiger charge is 2.52. The summed E-state index contributed by atoms with van der Waals surface area (Å²) in [7, 11) is 0. The van der Waals surface area contributed by atoms with Crippen LogP contribution in [0.25, 0.3) is 0 Å². The van der Waals surface area contributed by atoms with E-state index in [-0.39, 0.29) is 18.1 Å². The molecule has 0 saturated carbocycles. The van der Waals surface area contributed by atoms with E-state index in [9.17, 15) is 14.7 Å². The molecule has 0 spiro atoms. The smallest absolute Gasteiger partial charge is 0.329 e. The Morgan fingerprint density at radius 2 is 2.06 bits per heavy atom. The zero-order chi connectivity index (χ0) is 25.4. The molecule has 194 valence electrons. The molecule has 1 amide bonds. The third-order valence-corrected chi connectivity index (χ3v) is 6.18. The number of carbonyl (C=O) groups excluding carboxylic acids is 1. The van der Waals surface area contributed by atoms with Crippen LogP contribution >= 0.6 is 0 Å². The second-order valence-corrected chi connectivity index (χ2v) is 9.65. The van der Waals surface area contributed by atoms with Gasteiger partial charge in [-0.3, -0.25) is 4.79 Å². The summed E-state index contributed by atoms with van der Waals surface area (Å²) in [5.74, 6) is 0.0965. The summed E-state index contributed by atoms with van der Waals surface area (Å²) >= 11 is 0. The molecule has 3 aliphatic rings. The van der Waals surface area contributed by atoms with Gasteiger partial charge in [0.25, 0.3) is 0 Å². The van der Waals surface area contributed by atoms with Gasteiger partial charge in [0, 0.05) is 19.4 Å². The van der Waals surface area contributed by atoms with E-state index in [0.717, 1.165) is 12.0 Å². The Morgan fingerprint density at radius 3 is 2.78 bits per heavy atom. The number of ether oxygens (including phenoxy) is 6. The summed E-state index contributed by atoms with van der Waals surface area (Å²) in [5, 5.41) is 12.1. The zero-order valence-corrected chi connectivity index (χ0v) is 20.2. The normalized spacial score (nSPS) is 30.5. The number of fused-ring (bicyclic) bond motifs is 2. The number of carboxylic acids is 1. The first-order chi connectivity index (χ1) is 17.2. The second-order valence-electron chi connectivity index (χ2n) is 9.65. The van der Waals surface area contributed by atoms with Gasteiger partial charge in [-0.2, -0.15) is 0 Å². The molecule has 36 heavy (non-hydrogen) atoms. The van der Waals surface area contributed by atoms with Crippen molar-refractivity contribution in [3.8, 4) is 11.5 Å². The van der Waals surface area contributed by atoms with Gasteiger partial charge < -0.3 is 43.3 Å². The van der Waals surface area contributed by atoms with Crippen molar-refractivity contribution in [1.82, 2.24) is 5.32 Å². The number of benzene rings is 1. The van der Waals surface area contributed by atoms with Gasteiger partial charge in [0.15, 0.2) is 5.76 Å². The summed E-state index contributed by atoms with van der Waals surface area (Å²) in [6.45, 7) is 4.87. The first-order valence-electron chi connectivity index (χ1n) is 11.7. The summed E-state index contributed by atoms with van der Waals surface area (Å²) in [5.41, 5.74) is 0.752. The number of nitrogens with one attached hydrogen (secondary N) is 1. The van der Waals surface area contributed by atoms with Crippen molar-refractivity contribution in [2.24, 2.45) is 0 Å². The summed E-state index contributed by atoms with van der Waals surface area (Å²) in [6, 6.07) is 8.03. The van der Waals surface area contributed by atoms with Gasteiger partial charge in [0.2, 0.25) is 18.5 Å². The minimum atomic E-state index is -1.16. The van der Waals surface area contributed by atoms with Crippen molar-refractivity contribution < 1.29 is 47.5 Å². The fourth-order valence-electron chi connectivity index (χ4n) is 4.77. The van der Waals surface area contributed by atoms with Crippen molar-refractivity contribution in [1.29, 1.82) is 0 Å². The van der Waals surface area contributed by atoms with Gasteiger partial charge in [0.05, 0.1) is 12.9 Å². The summed E-state index contributed by atoms with van der Waals surface area (Å²) < 4.78 is 41.4. The molecule has 2 N–H and O–H groups in total. The number of hydrogen-bond acceptors (Lipinski definition) is 9. The SMILES string of the molecule is CC(=O)NC1C(Oc2ccc3c(c2)OC(C)(C)C3)OC2COC(c3ccco3)OC2C1OCC(=O)O. The van der Waals surface area contributed by atoms with Gasteiger partial charge in [-0.05, 0) is 37.6 Å². The molecule has 0 bridgehead atoms. The van der Waals surface area contributed by atoms with E-state index in [1.807, 2.05) is 19.9 Å². The van der Waals surface area contributed by atoms with E-state index < -0.39 is 49.5 Å². The Hall–Kier alpha value is -3.12. The average Bonchev–Trinajstić information content (AvgIpc) is 3.44. The number of hydrogen-bond donors (Lipinski definition) is 2. The minimum Gasteiger partial charge on any atom is -0.487 e. The van der Waals surface area contributed by atoms with E-state index in [0.29, 0.717) is 17.3 Å². The van der Waals surface area contributed by atoms with Crippen LogP contribution in [0.5, 0.6) is 11.5 Å². The maximum absolute atomic E-state index is 12.1. The molecule has 11 heteroatoms. The average molecular weight is 504 g/mol. The predicted octanol–water partition coefficient (Wildman–Crippen LogP) is 2.19.